The number of halogens is 4. The molecule has 18 heavy (non-hydrogen) atoms. The van der Waals surface area contributed by atoms with Crippen LogP contribution in [0.4, 0.5) is 0 Å². The van der Waals surface area contributed by atoms with Crippen LogP contribution in [0.3, 0.4) is 0 Å². The summed E-state index contributed by atoms with van der Waals surface area (Å²) in [6, 6.07) is 4.99. The highest BCUT2D eigenvalue weighted by Gasteiger charge is 2.29. The van der Waals surface area contributed by atoms with Crippen LogP contribution in [0.5, 0.6) is 0 Å². The lowest BCUT2D eigenvalue weighted by molar-refractivity contribution is 0.0913. The predicted octanol–water partition coefficient (Wildman–Crippen LogP) is 4.46. The number of hydrogen-bond acceptors (Lipinski definition) is 1. The van der Waals surface area contributed by atoms with Crippen molar-refractivity contribution in [2.45, 2.75) is 18.9 Å². The lowest BCUT2D eigenvalue weighted by atomic mass is 10.0. The Labute approximate surface area is 130 Å². The Balaban J connectivity index is 2.94. The van der Waals surface area contributed by atoms with Crippen molar-refractivity contribution in [1.82, 2.24) is 5.32 Å². The molecule has 0 heterocycles. The van der Waals surface area contributed by atoms with E-state index >= 15 is 0 Å². The van der Waals surface area contributed by atoms with Gasteiger partial charge in [0, 0.05) is 21.3 Å². The van der Waals surface area contributed by atoms with Crippen molar-refractivity contribution >= 4 is 56.6 Å². The Morgan fingerprint density at radius 1 is 1.39 bits per heavy atom. The zero-order valence-electron chi connectivity index (χ0n) is 9.77. The van der Waals surface area contributed by atoms with Gasteiger partial charge in [-0.25, -0.2) is 0 Å². The van der Waals surface area contributed by atoms with E-state index in [4.69, 9.17) is 34.8 Å². The van der Waals surface area contributed by atoms with Crippen molar-refractivity contribution < 1.29 is 4.79 Å². The fourth-order valence-electron chi connectivity index (χ4n) is 1.36. The second-order valence-electron chi connectivity index (χ2n) is 3.98. The van der Waals surface area contributed by atoms with Crippen LogP contribution in [0.2, 0.25) is 5.02 Å². The lowest BCUT2D eigenvalue weighted by Gasteiger charge is -2.29. The van der Waals surface area contributed by atoms with Gasteiger partial charge in [0.2, 0.25) is 0 Å². The lowest BCUT2D eigenvalue weighted by Crippen LogP contribution is -2.51. The van der Waals surface area contributed by atoms with Crippen molar-refractivity contribution in [1.29, 1.82) is 0 Å². The summed E-state index contributed by atoms with van der Waals surface area (Å²) < 4.78 is 0.640. The summed E-state index contributed by atoms with van der Waals surface area (Å²) in [6.45, 7) is 1.93. The first-order valence-corrected chi connectivity index (χ1v) is 7.61. The molecule has 1 aromatic carbocycles. The molecule has 0 saturated carbocycles. The molecule has 0 spiro atoms. The molecule has 2 nitrogen and oxygen atoms in total. The van der Waals surface area contributed by atoms with Gasteiger partial charge in [-0.2, -0.15) is 0 Å². The Kier molecular flexibility index (Phi) is 6.25. The second kappa shape index (κ2) is 6.99. The number of carbonyl (C=O) groups is 1. The summed E-state index contributed by atoms with van der Waals surface area (Å²) in [4.78, 5) is 12.2. The van der Waals surface area contributed by atoms with E-state index in [-0.39, 0.29) is 17.7 Å². The third-order valence-electron chi connectivity index (χ3n) is 2.74. The Bertz CT molecular complexity index is 427. The monoisotopic (exact) mass is 371 g/mol. The van der Waals surface area contributed by atoms with Gasteiger partial charge < -0.3 is 5.32 Å². The standard InChI is InChI=1S/C12H13BrCl3NO/c1-2-12(6-14,7-15)17-11(18)9-4-3-8(16)5-10(9)13/h3-5H,2,6-7H2,1H3,(H,17,18). The van der Waals surface area contributed by atoms with Gasteiger partial charge in [-0.1, -0.05) is 18.5 Å². The van der Waals surface area contributed by atoms with Gasteiger partial charge in [-0.15, -0.1) is 23.2 Å². The molecule has 0 bridgehead atoms. The first kappa shape index (κ1) is 16.1. The van der Waals surface area contributed by atoms with E-state index in [1.807, 2.05) is 6.92 Å². The highest BCUT2D eigenvalue weighted by atomic mass is 79.9. The summed E-state index contributed by atoms with van der Waals surface area (Å²) >= 11 is 20.9. The fourth-order valence-corrected chi connectivity index (χ4v) is 3.02. The van der Waals surface area contributed by atoms with Crippen LogP contribution >= 0.6 is 50.7 Å². The molecule has 0 saturated heterocycles. The fraction of sp³-hybridized carbons (Fsp3) is 0.417. The molecule has 100 valence electrons. The van der Waals surface area contributed by atoms with Crippen molar-refractivity contribution in [3.63, 3.8) is 0 Å². The van der Waals surface area contributed by atoms with Gasteiger partial charge in [0.1, 0.15) is 0 Å². The molecule has 0 fully saturated rings. The molecule has 1 amide bonds. The molecule has 0 aliphatic heterocycles. The second-order valence-corrected chi connectivity index (χ2v) is 5.80. The molecule has 0 aliphatic rings. The molecule has 1 N–H and O–H groups in total. The average molecular weight is 374 g/mol. The minimum atomic E-state index is -0.584. The summed E-state index contributed by atoms with van der Waals surface area (Å²) in [5, 5.41) is 3.44. The van der Waals surface area contributed by atoms with E-state index in [0.29, 0.717) is 21.5 Å². The van der Waals surface area contributed by atoms with Crippen LogP contribution in [0, 0.1) is 0 Å². The van der Waals surface area contributed by atoms with Crippen LogP contribution < -0.4 is 5.32 Å². The predicted molar refractivity (Wildman–Crippen MR) is 81.1 cm³/mol. The number of benzene rings is 1. The Hall–Kier alpha value is 0.0400. The molecule has 0 aliphatic carbocycles. The SMILES string of the molecule is CCC(CCl)(CCl)NC(=O)c1ccc(Cl)cc1Br. The number of nitrogens with one attached hydrogen (secondary N) is 1. The van der Waals surface area contributed by atoms with E-state index in [9.17, 15) is 4.79 Å². The first-order chi connectivity index (χ1) is 8.48. The van der Waals surface area contributed by atoms with Crippen LogP contribution in [0.1, 0.15) is 23.7 Å². The van der Waals surface area contributed by atoms with Gasteiger partial charge in [0.25, 0.3) is 5.91 Å². The van der Waals surface area contributed by atoms with Gasteiger partial charge >= 0.3 is 0 Å². The number of amides is 1. The molecule has 0 atom stereocenters. The highest BCUT2D eigenvalue weighted by molar-refractivity contribution is 9.10. The van der Waals surface area contributed by atoms with Crippen LogP contribution in [-0.2, 0) is 0 Å². The summed E-state index contributed by atoms with van der Waals surface area (Å²) in [7, 11) is 0. The molecule has 1 rings (SSSR count). The van der Waals surface area contributed by atoms with Crippen LogP contribution in [0.15, 0.2) is 22.7 Å². The third kappa shape index (κ3) is 3.77. The third-order valence-corrected chi connectivity index (χ3v) is 4.66. The Morgan fingerprint density at radius 3 is 2.44 bits per heavy atom. The average Bonchev–Trinajstić information content (AvgIpc) is 2.36. The smallest absolute Gasteiger partial charge is 0.252 e. The van der Waals surface area contributed by atoms with Crippen molar-refractivity contribution in [2.24, 2.45) is 0 Å². The van der Waals surface area contributed by atoms with Gasteiger partial charge in [-0.05, 0) is 40.5 Å². The number of alkyl halides is 2. The maximum absolute atomic E-state index is 12.2. The number of carbonyl (C=O) groups excluding carboxylic acids is 1. The van der Waals surface area contributed by atoms with E-state index in [1.54, 1.807) is 18.2 Å². The topological polar surface area (TPSA) is 29.1 Å². The first-order valence-electron chi connectivity index (χ1n) is 5.37. The zero-order chi connectivity index (χ0) is 13.8. The quantitative estimate of drug-likeness (QED) is 0.759. The molecule has 0 unspecified atom stereocenters. The van der Waals surface area contributed by atoms with Gasteiger partial charge in [0.05, 0.1) is 11.1 Å². The number of rotatable bonds is 5. The van der Waals surface area contributed by atoms with Crippen LogP contribution in [-0.4, -0.2) is 23.2 Å². The summed E-state index contributed by atoms with van der Waals surface area (Å²) in [5.41, 5.74) is -0.0772. The largest absolute Gasteiger partial charge is 0.344 e. The zero-order valence-corrected chi connectivity index (χ0v) is 13.6. The van der Waals surface area contributed by atoms with E-state index < -0.39 is 5.54 Å². The normalized spacial score (nSPS) is 11.4. The summed E-state index contributed by atoms with van der Waals surface area (Å²) in [6.07, 6.45) is 0.664. The van der Waals surface area contributed by atoms with Crippen molar-refractivity contribution in [3.8, 4) is 0 Å². The van der Waals surface area contributed by atoms with E-state index in [2.05, 4.69) is 21.2 Å². The van der Waals surface area contributed by atoms with Crippen molar-refractivity contribution in [3.05, 3.63) is 33.3 Å². The van der Waals surface area contributed by atoms with E-state index in [1.165, 1.54) is 0 Å². The molecule has 6 heteroatoms. The molecular formula is C12H13BrCl3NO. The van der Waals surface area contributed by atoms with Gasteiger partial charge in [0.15, 0.2) is 0 Å². The van der Waals surface area contributed by atoms with Crippen LogP contribution in [0.25, 0.3) is 0 Å². The highest BCUT2D eigenvalue weighted by Crippen LogP contribution is 2.23. The van der Waals surface area contributed by atoms with Crippen molar-refractivity contribution in [2.75, 3.05) is 11.8 Å². The Morgan fingerprint density at radius 2 is 2.00 bits per heavy atom. The molecule has 0 aromatic heterocycles. The molecular weight excluding hydrogens is 360 g/mol. The number of hydrogen-bond donors (Lipinski definition) is 1. The minimum Gasteiger partial charge on any atom is -0.344 e. The molecule has 0 radical (unpaired) electrons. The maximum atomic E-state index is 12.2. The molecule has 1 aromatic rings. The maximum Gasteiger partial charge on any atom is 0.252 e. The summed E-state index contributed by atoms with van der Waals surface area (Å²) in [5.74, 6) is 0.315. The minimum absolute atomic E-state index is 0.221. The van der Waals surface area contributed by atoms with Gasteiger partial charge in [-0.3, -0.25) is 4.79 Å². The van der Waals surface area contributed by atoms with E-state index in [0.717, 1.165) is 0 Å².